The molecule has 0 aliphatic rings. The molecule has 0 heterocycles. The quantitative estimate of drug-likeness (QED) is 0.748. The molecule has 0 radical (unpaired) electrons. The molecule has 1 aromatic carbocycles. The van der Waals surface area contributed by atoms with E-state index in [4.69, 9.17) is 5.73 Å². The molecule has 1 rings (SSSR count). The Kier molecular flexibility index (Phi) is 3.03. The summed E-state index contributed by atoms with van der Waals surface area (Å²) in [5.74, 6) is -0.797. The van der Waals surface area contributed by atoms with E-state index >= 15 is 0 Å². The van der Waals surface area contributed by atoms with Crippen molar-refractivity contribution in [2.75, 3.05) is 5.73 Å². The van der Waals surface area contributed by atoms with Crippen molar-refractivity contribution in [3.63, 3.8) is 0 Å². The Hall–Kier alpha value is -1.51. The molecular formula is C12H17NO2. The number of carboxylic acid groups (broad SMARTS) is 1. The number of aliphatic carboxylic acids is 1. The number of aryl methyl sites for hydroxylation is 1. The minimum atomic E-state index is -0.821. The van der Waals surface area contributed by atoms with E-state index in [1.165, 1.54) is 0 Å². The maximum atomic E-state index is 11.2. The van der Waals surface area contributed by atoms with E-state index < -0.39 is 11.4 Å². The highest BCUT2D eigenvalue weighted by atomic mass is 16.4. The van der Waals surface area contributed by atoms with Crippen molar-refractivity contribution >= 4 is 11.7 Å². The minimum absolute atomic E-state index is 0.561. The average molecular weight is 207 g/mol. The summed E-state index contributed by atoms with van der Waals surface area (Å²) in [4.78, 5) is 11.2. The largest absolute Gasteiger partial charge is 0.481 e. The van der Waals surface area contributed by atoms with Crippen LogP contribution in [0.5, 0.6) is 0 Å². The van der Waals surface area contributed by atoms with E-state index in [0.717, 1.165) is 11.1 Å². The molecule has 1 aromatic rings. The molecule has 0 bridgehead atoms. The summed E-state index contributed by atoms with van der Waals surface area (Å²) in [6.07, 6.45) is 0.561. The third-order valence-electron chi connectivity index (χ3n) is 3.09. The maximum Gasteiger partial charge on any atom is 0.313 e. The Morgan fingerprint density at radius 2 is 2.13 bits per heavy atom. The van der Waals surface area contributed by atoms with E-state index in [0.29, 0.717) is 12.1 Å². The number of carbonyl (C=O) groups is 1. The van der Waals surface area contributed by atoms with Crippen LogP contribution in [0.15, 0.2) is 18.2 Å². The van der Waals surface area contributed by atoms with Crippen LogP contribution in [0.3, 0.4) is 0 Å². The summed E-state index contributed by atoms with van der Waals surface area (Å²) in [7, 11) is 0. The lowest BCUT2D eigenvalue weighted by molar-refractivity contribution is -0.143. The zero-order valence-electron chi connectivity index (χ0n) is 9.37. The van der Waals surface area contributed by atoms with E-state index in [1.807, 2.05) is 19.9 Å². The fourth-order valence-corrected chi connectivity index (χ4v) is 1.50. The van der Waals surface area contributed by atoms with Crippen molar-refractivity contribution in [1.29, 1.82) is 0 Å². The lowest BCUT2D eigenvalue weighted by atomic mass is 9.79. The van der Waals surface area contributed by atoms with Gasteiger partial charge < -0.3 is 10.8 Å². The van der Waals surface area contributed by atoms with Crippen molar-refractivity contribution in [1.82, 2.24) is 0 Å². The zero-order valence-corrected chi connectivity index (χ0v) is 9.37. The van der Waals surface area contributed by atoms with E-state index in [2.05, 4.69) is 0 Å². The van der Waals surface area contributed by atoms with Crippen molar-refractivity contribution in [3.05, 3.63) is 29.3 Å². The van der Waals surface area contributed by atoms with Gasteiger partial charge in [0.1, 0.15) is 0 Å². The van der Waals surface area contributed by atoms with Gasteiger partial charge in [0.25, 0.3) is 0 Å². The second kappa shape index (κ2) is 3.93. The highest BCUT2D eigenvalue weighted by Crippen LogP contribution is 2.29. The highest BCUT2D eigenvalue weighted by molar-refractivity contribution is 5.81. The summed E-state index contributed by atoms with van der Waals surface area (Å²) >= 11 is 0. The monoisotopic (exact) mass is 207 g/mol. The van der Waals surface area contributed by atoms with Crippen molar-refractivity contribution in [2.24, 2.45) is 0 Å². The second-order valence-corrected chi connectivity index (χ2v) is 4.06. The van der Waals surface area contributed by atoms with Crippen molar-refractivity contribution < 1.29 is 9.90 Å². The van der Waals surface area contributed by atoms with Crippen LogP contribution in [0.1, 0.15) is 31.4 Å². The first-order valence-corrected chi connectivity index (χ1v) is 5.02. The molecule has 15 heavy (non-hydrogen) atoms. The van der Waals surface area contributed by atoms with Gasteiger partial charge in [0, 0.05) is 5.69 Å². The van der Waals surface area contributed by atoms with Gasteiger partial charge in [-0.25, -0.2) is 0 Å². The first kappa shape index (κ1) is 11.6. The molecule has 0 amide bonds. The average Bonchev–Trinajstić information content (AvgIpc) is 2.20. The minimum Gasteiger partial charge on any atom is -0.481 e. The Morgan fingerprint density at radius 1 is 1.53 bits per heavy atom. The van der Waals surface area contributed by atoms with Crippen LogP contribution in [-0.2, 0) is 10.2 Å². The number of anilines is 1. The third-order valence-corrected chi connectivity index (χ3v) is 3.09. The first-order chi connectivity index (χ1) is 6.91. The molecule has 3 nitrogen and oxygen atoms in total. The fraction of sp³-hybridized carbons (Fsp3) is 0.417. The number of hydrogen-bond donors (Lipinski definition) is 2. The molecule has 82 valence electrons. The Bertz CT molecular complexity index is 387. The number of carboxylic acids is 1. The summed E-state index contributed by atoms with van der Waals surface area (Å²) in [5.41, 5.74) is 7.31. The van der Waals surface area contributed by atoms with Crippen LogP contribution in [0.25, 0.3) is 0 Å². The van der Waals surface area contributed by atoms with Gasteiger partial charge >= 0.3 is 5.97 Å². The van der Waals surface area contributed by atoms with Gasteiger partial charge in [-0.3, -0.25) is 4.79 Å². The van der Waals surface area contributed by atoms with Gasteiger partial charge in [-0.05, 0) is 37.5 Å². The highest BCUT2D eigenvalue weighted by Gasteiger charge is 2.33. The molecule has 0 aromatic heterocycles. The molecule has 1 unspecified atom stereocenters. The van der Waals surface area contributed by atoms with Crippen LogP contribution < -0.4 is 5.73 Å². The van der Waals surface area contributed by atoms with Gasteiger partial charge in [0.05, 0.1) is 5.41 Å². The number of nitrogens with two attached hydrogens (primary N) is 1. The van der Waals surface area contributed by atoms with Crippen LogP contribution in [0.4, 0.5) is 5.69 Å². The number of hydrogen-bond acceptors (Lipinski definition) is 2. The standard InChI is InChI=1S/C12H17NO2/c1-4-12(3,11(14)15)9-5-6-10(13)8(2)7-9/h5-7H,4,13H2,1-3H3,(H,14,15). The Labute approximate surface area is 89.9 Å². The van der Waals surface area contributed by atoms with E-state index in [-0.39, 0.29) is 0 Å². The Morgan fingerprint density at radius 3 is 2.53 bits per heavy atom. The molecule has 0 spiro atoms. The van der Waals surface area contributed by atoms with Gasteiger partial charge in [0.15, 0.2) is 0 Å². The summed E-state index contributed by atoms with van der Waals surface area (Å²) in [6, 6.07) is 5.41. The second-order valence-electron chi connectivity index (χ2n) is 4.06. The molecule has 3 heteroatoms. The molecule has 0 saturated heterocycles. The number of nitrogen functional groups attached to an aromatic ring is 1. The Balaban J connectivity index is 3.25. The molecule has 0 fully saturated rings. The normalized spacial score (nSPS) is 14.6. The molecule has 0 aliphatic carbocycles. The number of rotatable bonds is 3. The van der Waals surface area contributed by atoms with Gasteiger partial charge in [-0.1, -0.05) is 19.1 Å². The van der Waals surface area contributed by atoms with Gasteiger partial charge in [0.2, 0.25) is 0 Å². The van der Waals surface area contributed by atoms with Crippen LogP contribution in [-0.4, -0.2) is 11.1 Å². The lowest BCUT2D eigenvalue weighted by Gasteiger charge is -2.24. The molecule has 0 aliphatic heterocycles. The molecular weight excluding hydrogens is 190 g/mol. The van der Waals surface area contributed by atoms with E-state index in [1.54, 1.807) is 19.1 Å². The fourth-order valence-electron chi connectivity index (χ4n) is 1.50. The third kappa shape index (κ3) is 1.96. The topological polar surface area (TPSA) is 63.3 Å². The molecule has 1 atom stereocenters. The maximum absolute atomic E-state index is 11.2. The van der Waals surface area contributed by atoms with Crippen molar-refractivity contribution in [2.45, 2.75) is 32.6 Å². The summed E-state index contributed by atoms with van der Waals surface area (Å²) < 4.78 is 0. The van der Waals surface area contributed by atoms with Crippen LogP contribution >= 0.6 is 0 Å². The predicted octanol–water partition coefficient (Wildman–Crippen LogP) is 2.33. The SMILES string of the molecule is CCC(C)(C(=O)O)c1ccc(N)c(C)c1. The van der Waals surface area contributed by atoms with E-state index in [9.17, 15) is 9.90 Å². The smallest absolute Gasteiger partial charge is 0.313 e. The lowest BCUT2D eigenvalue weighted by Crippen LogP contribution is -2.31. The van der Waals surface area contributed by atoms with Crippen LogP contribution in [0, 0.1) is 6.92 Å². The first-order valence-electron chi connectivity index (χ1n) is 5.02. The number of benzene rings is 1. The van der Waals surface area contributed by atoms with Gasteiger partial charge in [-0.2, -0.15) is 0 Å². The summed E-state index contributed by atoms with van der Waals surface area (Å²) in [5, 5.41) is 9.21. The molecule has 0 saturated carbocycles. The van der Waals surface area contributed by atoms with Crippen LogP contribution in [0.2, 0.25) is 0 Å². The predicted molar refractivity (Wildman–Crippen MR) is 60.9 cm³/mol. The molecule has 3 N–H and O–H groups in total. The zero-order chi connectivity index (χ0) is 11.6. The van der Waals surface area contributed by atoms with Crippen molar-refractivity contribution in [3.8, 4) is 0 Å². The summed E-state index contributed by atoms with van der Waals surface area (Å²) in [6.45, 7) is 5.50. The van der Waals surface area contributed by atoms with Gasteiger partial charge in [-0.15, -0.1) is 0 Å².